The Morgan fingerprint density at radius 1 is 1.44 bits per heavy atom. The van der Waals surface area contributed by atoms with Gasteiger partial charge in [-0.25, -0.2) is 4.39 Å². The predicted octanol–water partition coefficient (Wildman–Crippen LogP) is 2.80. The summed E-state index contributed by atoms with van der Waals surface area (Å²) >= 11 is 2.88. The van der Waals surface area contributed by atoms with Crippen molar-refractivity contribution in [3.05, 3.63) is 28.0 Å². The summed E-state index contributed by atoms with van der Waals surface area (Å²) in [6.07, 6.45) is 1.79. The van der Waals surface area contributed by atoms with Crippen LogP contribution >= 0.6 is 15.9 Å². The van der Waals surface area contributed by atoms with Crippen LogP contribution in [0.25, 0.3) is 0 Å². The van der Waals surface area contributed by atoms with Gasteiger partial charge in [-0.2, -0.15) is 0 Å². The van der Waals surface area contributed by atoms with Gasteiger partial charge in [0.15, 0.2) is 0 Å². The van der Waals surface area contributed by atoms with Crippen molar-refractivity contribution < 1.29 is 19.4 Å². The van der Waals surface area contributed by atoms with E-state index in [1.165, 1.54) is 12.1 Å². The second kappa shape index (κ2) is 3.73. The molecule has 86 valence electrons. The highest BCUT2D eigenvalue weighted by Gasteiger charge is 2.46. The molecule has 1 aromatic rings. The van der Waals surface area contributed by atoms with Gasteiger partial charge in [0.25, 0.3) is 0 Å². The molecule has 0 bridgehead atoms. The molecule has 3 nitrogen and oxygen atoms in total. The van der Waals surface area contributed by atoms with Crippen LogP contribution < -0.4 is 0 Å². The Morgan fingerprint density at radius 2 is 2.06 bits per heavy atom. The van der Waals surface area contributed by atoms with Crippen molar-refractivity contribution in [2.45, 2.75) is 24.7 Å². The summed E-state index contributed by atoms with van der Waals surface area (Å²) in [4.78, 5) is 11.2. The Balaban J connectivity index is 2.52. The fraction of sp³-hybridized carbons (Fsp3) is 0.364. The zero-order chi connectivity index (χ0) is 11.9. The molecule has 0 spiro atoms. The van der Waals surface area contributed by atoms with E-state index in [0.717, 1.165) is 6.42 Å². The zero-order valence-corrected chi connectivity index (χ0v) is 9.92. The molecule has 1 aromatic carbocycles. The van der Waals surface area contributed by atoms with Crippen LogP contribution in [0.1, 0.15) is 24.8 Å². The number of rotatable bonds is 2. The number of hydrogen-bond acceptors (Lipinski definition) is 2. The highest BCUT2D eigenvalue weighted by atomic mass is 79.9. The van der Waals surface area contributed by atoms with Gasteiger partial charge in [0.05, 0.1) is 9.89 Å². The zero-order valence-electron chi connectivity index (χ0n) is 8.33. The van der Waals surface area contributed by atoms with Crippen LogP contribution in [0.4, 0.5) is 4.39 Å². The van der Waals surface area contributed by atoms with Gasteiger partial charge in [0, 0.05) is 0 Å². The number of carbonyl (C=O) groups is 1. The standard InChI is InChI=1S/C11H10BrFO3/c12-9-7(13)4-6(5-8(9)14)11(10(15)16)2-1-3-11/h4-5,14H,1-3H2,(H,15,16). The first-order chi connectivity index (χ1) is 7.47. The smallest absolute Gasteiger partial charge is 0.314 e. The van der Waals surface area contributed by atoms with Gasteiger partial charge in [-0.1, -0.05) is 6.42 Å². The van der Waals surface area contributed by atoms with E-state index in [9.17, 15) is 19.4 Å². The van der Waals surface area contributed by atoms with Crippen molar-refractivity contribution in [1.29, 1.82) is 0 Å². The minimum atomic E-state index is -1.01. The first-order valence-corrected chi connectivity index (χ1v) is 5.68. The van der Waals surface area contributed by atoms with E-state index >= 15 is 0 Å². The minimum Gasteiger partial charge on any atom is -0.507 e. The number of aromatic hydroxyl groups is 1. The van der Waals surface area contributed by atoms with Crippen molar-refractivity contribution >= 4 is 21.9 Å². The first-order valence-electron chi connectivity index (χ1n) is 4.89. The van der Waals surface area contributed by atoms with Crippen molar-refractivity contribution in [2.24, 2.45) is 0 Å². The van der Waals surface area contributed by atoms with Crippen molar-refractivity contribution in [3.63, 3.8) is 0 Å². The fourth-order valence-corrected chi connectivity index (χ4v) is 2.24. The molecule has 2 rings (SSSR count). The number of carboxylic acids is 1. The molecule has 0 atom stereocenters. The third-order valence-electron chi connectivity index (χ3n) is 3.18. The molecule has 0 amide bonds. The van der Waals surface area contributed by atoms with E-state index in [2.05, 4.69) is 15.9 Å². The Morgan fingerprint density at radius 3 is 2.44 bits per heavy atom. The number of aliphatic carboxylic acids is 1. The number of carboxylic acid groups (broad SMARTS) is 1. The Kier molecular flexibility index (Phi) is 2.66. The van der Waals surface area contributed by atoms with E-state index in [4.69, 9.17) is 0 Å². The number of phenols is 1. The van der Waals surface area contributed by atoms with Gasteiger partial charge in [-0.15, -0.1) is 0 Å². The lowest BCUT2D eigenvalue weighted by molar-refractivity contribution is -0.147. The highest BCUT2D eigenvalue weighted by molar-refractivity contribution is 9.10. The number of halogens is 2. The van der Waals surface area contributed by atoms with Crippen molar-refractivity contribution in [1.82, 2.24) is 0 Å². The monoisotopic (exact) mass is 288 g/mol. The van der Waals surface area contributed by atoms with Crippen LogP contribution in [0, 0.1) is 5.82 Å². The molecule has 5 heteroatoms. The van der Waals surface area contributed by atoms with E-state index in [1.807, 2.05) is 0 Å². The predicted molar refractivity (Wildman–Crippen MR) is 58.9 cm³/mol. The second-order valence-corrected chi connectivity index (χ2v) is 4.82. The normalized spacial score (nSPS) is 17.9. The number of hydrogen-bond donors (Lipinski definition) is 2. The maximum Gasteiger partial charge on any atom is 0.314 e. The van der Waals surface area contributed by atoms with Crippen LogP contribution in [-0.4, -0.2) is 16.2 Å². The van der Waals surface area contributed by atoms with E-state index in [-0.39, 0.29) is 10.2 Å². The van der Waals surface area contributed by atoms with Crippen LogP contribution in [0.3, 0.4) is 0 Å². The van der Waals surface area contributed by atoms with Crippen LogP contribution in [0.2, 0.25) is 0 Å². The van der Waals surface area contributed by atoms with Gasteiger partial charge in [-0.05, 0) is 46.5 Å². The van der Waals surface area contributed by atoms with Gasteiger partial charge in [0.1, 0.15) is 11.6 Å². The molecule has 0 saturated heterocycles. The molecule has 2 N–H and O–H groups in total. The summed E-state index contributed by atoms with van der Waals surface area (Å²) in [7, 11) is 0. The van der Waals surface area contributed by atoms with Crippen molar-refractivity contribution in [2.75, 3.05) is 0 Å². The van der Waals surface area contributed by atoms with Gasteiger partial charge in [0.2, 0.25) is 0 Å². The fourth-order valence-electron chi connectivity index (χ4n) is 2.01. The lowest BCUT2D eigenvalue weighted by Gasteiger charge is -2.38. The summed E-state index contributed by atoms with van der Waals surface area (Å²) in [5.74, 6) is -1.86. The maximum absolute atomic E-state index is 13.4. The Labute approximate surface area is 100 Å². The highest BCUT2D eigenvalue weighted by Crippen LogP contribution is 2.46. The second-order valence-electron chi connectivity index (χ2n) is 4.03. The molecule has 16 heavy (non-hydrogen) atoms. The molecule has 1 fully saturated rings. The summed E-state index contributed by atoms with van der Waals surface area (Å²) < 4.78 is 13.4. The minimum absolute atomic E-state index is 0.0314. The first kappa shape index (κ1) is 11.4. The molecule has 0 aromatic heterocycles. The topological polar surface area (TPSA) is 57.5 Å². The number of phenolic OH excluding ortho intramolecular Hbond substituents is 1. The van der Waals surface area contributed by atoms with Crippen LogP contribution in [0.5, 0.6) is 5.75 Å². The van der Waals surface area contributed by atoms with E-state index in [0.29, 0.717) is 18.4 Å². The molecule has 0 unspecified atom stereocenters. The quantitative estimate of drug-likeness (QED) is 0.880. The lowest BCUT2D eigenvalue weighted by atomic mass is 9.64. The average Bonchev–Trinajstić information content (AvgIpc) is 2.11. The average molecular weight is 289 g/mol. The Hall–Kier alpha value is -1.10. The number of benzene rings is 1. The van der Waals surface area contributed by atoms with E-state index in [1.54, 1.807) is 0 Å². The van der Waals surface area contributed by atoms with Gasteiger partial charge in [-0.3, -0.25) is 4.79 Å². The molecular formula is C11H10BrFO3. The lowest BCUT2D eigenvalue weighted by Crippen LogP contribution is -2.42. The SMILES string of the molecule is O=C(O)C1(c2cc(O)c(Br)c(F)c2)CCC1. The molecule has 0 heterocycles. The molecule has 0 aliphatic heterocycles. The van der Waals surface area contributed by atoms with Gasteiger partial charge < -0.3 is 10.2 Å². The largest absolute Gasteiger partial charge is 0.507 e. The Bertz CT molecular complexity index is 432. The summed E-state index contributed by atoms with van der Waals surface area (Å²) in [5, 5.41) is 18.6. The van der Waals surface area contributed by atoms with E-state index < -0.39 is 17.2 Å². The summed E-state index contributed by atoms with van der Waals surface area (Å²) in [6.45, 7) is 0. The van der Waals surface area contributed by atoms with Crippen LogP contribution in [0.15, 0.2) is 16.6 Å². The molecule has 1 aliphatic carbocycles. The summed E-state index contributed by atoms with van der Waals surface area (Å²) in [5.41, 5.74) is -0.677. The molecular weight excluding hydrogens is 279 g/mol. The molecule has 1 aliphatic rings. The van der Waals surface area contributed by atoms with Gasteiger partial charge >= 0.3 is 5.97 Å². The summed E-state index contributed by atoms with van der Waals surface area (Å²) in [6, 6.07) is 2.50. The third kappa shape index (κ3) is 1.50. The third-order valence-corrected chi connectivity index (χ3v) is 3.96. The molecule has 0 radical (unpaired) electrons. The maximum atomic E-state index is 13.4. The van der Waals surface area contributed by atoms with Crippen LogP contribution in [-0.2, 0) is 10.2 Å². The van der Waals surface area contributed by atoms with Crippen molar-refractivity contribution in [3.8, 4) is 5.75 Å². The molecule has 1 saturated carbocycles.